The van der Waals surface area contributed by atoms with Crippen molar-refractivity contribution in [3.8, 4) is 0 Å². The minimum absolute atomic E-state index is 0.220. The van der Waals surface area contributed by atoms with Crippen LogP contribution in [0.3, 0.4) is 0 Å². The summed E-state index contributed by atoms with van der Waals surface area (Å²) in [6.07, 6.45) is 0. The molecule has 0 aliphatic carbocycles. The van der Waals surface area contributed by atoms with Crippen molar-refractivity contribution < 1.29 is 14.6 Å². The van der Waals surface area contributed by atoms with Crippen molar-refractivity contribution in [3.63, 3.8) is 0 Å². The van der Waals surface area contributed by atoms with Gasteiger partial charge in [0.25, 0.3) is 0 Å². The van der Waals surface area contributed by atoms with Gasteiger partial charge in [-0.25, -0.2) is 4.79 Å². The Morgan fingerprint density at radius 3 is 2.71 bits per heavy atom. The normalized spacial score (nSPS) is 9.93. The van der Waals surface area contributed by atoms with E-state index in [0.29, 0.717) is 17.0 Å². The number of methoxy groups -OCH3 is 1. The van der Waals surface area contributed by atoms with Crippen molar-refractivity contribution in [3.05, 3.63) is 29.1 Å². The van der Waals surface area contributed by atoms with Gasteiger partial charge in [0.05, 0.1) is 30.7 Å². The second-order valence-electron chi connectivity index (χ2n) is 2.69. The van der Waals surface area contributed by atoms with Crippen LogP contribution < -0.4 is 5.73 Å². The number of carbonyl (C=O) groups is 1. The van der Waals surface area contributed by atoms with E-state index in [-0.39, 0.29) is 13.2 Å². The number of nitrogens with zero attached hydrogens (tertiary/aromatic N) is 1. The molecule has 3 N–H and O–H groups in total. The zero-order valence-corrected chi connectivity index (χ0v) is 7.86. The standard InChI is InChI=1S/C9H12N2O3/c1-14-9(13)6-2-7(4-10)11-8(3-6)5-12/h2-3,12H,4-5,10H2,1H3. The fourth-order valence-corrected chi connectivity index (χ4v) is 1.07. The van der Waals surface area contributed by atoms with Crippen LogP contribution in [0.25, 0.3) is 0 Å². The van der Waals surface area contributed by atoms with Crippen LogP contribution in [0.4, 0.5) is 0 Å². The summed E-state index contributed by atoms with van der Waals surface area (Å²) in [6.45, 7) is -0.00430. The summed E-state index contributed by atoms with van der Waals surface area (Å²) < 4.78 is 4.55. The first-order valence-corrected chi connectivity index (χ1v) is 4.10. The molecule has 0 bridgehead atoms. The lowest BCUT2D eigenvalue weighted by Gasteiger charge is -2.04. The van der Waals surface area contributed by atoms with E-state index in [4.69, 9.17) is 10.8 Å². The maximum absolute atomic E-state index is 11.2. The minimum atomic E-state index is -0.461. The van der Waals surface area contributed by atoms with E-state index < -0.39 is 5.97 Å². The topological polar surface area (TPSA) is 85.4 Å². The number of pyridine rings is 1. The first kappa shape index (κ1) is 10.6. The SMILES string of the molecule is COC(=O)c1cc(CN)nc(CO)c1. The summed E-state index contributed by atoms with van der Waals surface area (Å²) in [6, 6.07) is 3.02. The Morgan fingerprint density at radius 1 is 1.57 bits per heavy atom. The Kier molecular flexibility index (Phi) is 3.55. The van der Waals surface area contributed by atoms with Crippen LogP contribution in [-0.4, -0.2) is 23.2 Å². The van der Waals surface area contributed by atoms with Crippen LogP contribution in [0.15, 0.2) is 12.1 Å². The lowest BCUT2D eigenvalue weighted by atomic mass is 10.2. The molecule has 76 valence electrons. The highest BCUT2D eigenvalue weighted by molar-refractivity contribution is 5.89. The van der Waals surface area contributed by atoms with Gasteiger partial charge in [0.2, 0.25) is 0 Å². The molecule has 14 heavy (non-hydrogen) atoms. The molecular formula is C9H12N2O3. The van der Waals surface area contributed by atoms with E-state index in [0.717, 1.165) is 0 Å². The molecule has 5 nitrogen and oxygen atoms in total. The van der Waals surface area contributed by atoms with Gasteiger partial charge in [0.1, 0.15) is 0 Å². The van der Waals surface area contributed by atoms with Crippen LogP contribution in [0.2, 0.25) is 0 Å². The predicted octanol–water partition coefficient (Wildman–Crippen LogP) is -0.181. The molecule has 5 heteroatoms. The number of rotatable bonds is 3. The largest absolute Gasteiger partial charge is 0.465 e. The van der Waals surface area contributed by atoms with Crippen LogP contribution in [0, 0.1) is 0 Å². The van der Waals surface area contributed by atoms with E-state index in [1.807, 2.05) is 0 Å². The zero-order chi connectivity index (χ0) is 10.6. The molecule has 0 radical (unpaired) electrons. The van der Waals surface area contributed by atoms with Gasteiger partial charge >= 0.3 is 5.97 Å². The highest BCUT2D eigenvalue weighted by Gasteiger charge is 2.08. The number of carbonyl (C=O) groups excluding carboxylic acids is 1. The zero-order valence-electron chi connectivity index (χ0n) is 7.86. The van der Waals surface area contributed by atoms with Gasteiger partial charge in [-0.05, 0) is 12.1 Å². The fourth-order valence-electron chi connectivity index (χ4n) is 1.07. The highest BCUT2D eigenvalue weighted by Crippen LogP contribution is 2.07. The molecule has 0 unspecified atom stereocenters. The molecule has 1 rings (SSSR count). The van der Waals surface area contributed by atoms with E-state index in [1.54, 1.807) is 6.07 Å². The third-order valence-corrected chi connectivity index (χ3v) is 1.72. The number of ether oxygens (including phenoxy) is 1. The van der Waals surface area contributed by atoms with E-state index in [2.05, 4.69) is 9.72 Å². The molecule has 0 aromatic carbocycles. The monoisotopic (exact) mass is 196 g/mol. The molecule has 1 aromatic rings. The van der Waals surface area contributed by atoms with Crippen molar-refractivity contribution in [2.24, 2.45) is 5.73 Å². The lowest BCUT2D eigenvalue weighted by molar-refractivity contribution is 0.0600. The molecule has 1 heterocycles. The molecule has 0 saturated heterocycles. The summed E-state index contributed by atoms with van der Waals surface area (Å²) in [7, 11) is 1.30. The van der Waals surface area contributed by atoms with Gasteiger partial charge in [-0.1, -0.05) is 0 Å². The number of esters is 1. The summed E-state index contributed by atoms with van der Waals surface area (Å²) >= 11 is 0. The van der Waals surface area contributed by atoms with E-state index >= 15 is 0 Å². The quantitative estimate of drug-likeness (QED) is 0.655. The average Bonchev–Trinajstić information content (AvgIpc) is 2.27. The van der Waals surface area contributed by atoms with Crippen LogP contribution in [0.1, 0.15) is 21.7 Å². The van der Waals surface area contributed by atoms with Crippen LogP contribution in [0.5, 0.6) is 0 Å². The fraction of sp³-hybridized carbons (Fsp3) is 0.333. The molecule has 0 aliphatic heterocycles. The second-order valence-corrected chi connectivity index (χ2v) is 2.69. The summed E-state index contributed by atoms with van der Waals surface area (Å²) in [4.78, 5) is 15.2. The first-order valence-electron chi connectivity index (χ1n) is 4.10. The van der Waals surface area contributed by atoms with Crippen molar-refractivity contribution in [2.45, 2.75) is 13.2 Å². The van der Waals surface area contributed by atoms with E-state index in [9.17, 15) is 4.79 Å². The lowest BCUT2D eigenvalue weighted by Crippen LogP contribution is -2.08. The van der Waals surface area contributed by atoms with Gasteiger partial charge in [-0.15, -0.1) is 0 Å². The second kappa shape index (κ2) is 4.69. The van der Waals surface area contributed by atoms with Crippen molar-refractivity contribution in [1.29, 1.82) is 0 Å². The number of hydrogen-bond donors (Lipinski definition) is 2. The Labute approximate surface area is 81.5 Å². The number of aliphatic hydroxyl groups is 1. The minimum Gasteiger partial charge on any atom is -0.465 e. The van der Waals surface area contributed by atoms with Crippen LogP contribution >= 0.6 is 0 Å². The summed E-state index contributed by atoms with van der Waals surface area (Å²) in [5.41, 5.74) is 6.70. The predicted molar refractivity (Wildman–Crippen MR) is 49.4 cm³/mol. The molecule has 0 saturated carbocycles. The Morgan fingerprint density at radius 2 is 2.21 bits per heavy atom. The Bertz CT molecular complexity index is 317. The van der Waals surface area contributed by atoms with Gasteiger partial charge in [0.15, 0.2) is 0 Å². The summed E-state index contributed by atoms with van der Waals surface area (Å²) in [5, 5.41) is 8.88. The van der Waals surface area contributed by atoms with Crippen molar-refractivity contribution in [1.82, 2.24) is 4.98 Å². The maximum atomic E-state index is 11.2. The third kappa shape index (κ3) is 2.27. The Hall–Kier alpha value is -1.46. The van der Waals surface area contributed by atoms with Crippen LogP contribution in [-0.2, 0) is 17.9 Å². The summed E-state index contributed by atoms with van der Waals surface area (Å²) in [5.74, 6) is -0.461. The molecule has 0 atom stereocenters. The van der Waals surface area contributed by atoms with Gasteiger partial charge in [-0.2, -0.15) is 0 Å². The third-order valence-electron chi connectivity index (χ3n) is 1.72. The van der Waals surface area contributed by atoms with Crippen molar-refractivity contribution >= 4 is 5.97 Å². The molecule has 0 amide bonds. The maximum Gasteiger partial charge on any atom is 0.337 e. The van der Waals surface area contributed by atoms with Crippen molar-refractivity contribution in [2.75, 3.05) is 7.11 Å². The highest BCUT2D eigenvalue weighted by atomic mass is 16.5. The Balaban J connectivity index is 3.10. The van der Waals surface area contributed by atoms with Gasteiger partial charge in [0, 0.05) is 6.54 Å². The smallest absolute Gasteiger partial charge is 0.337 e. The molecule has 0 aliphatic rings. The van der Waals surface area contributed by atoms with Gasteiger partial charge < -0.3 is 15.6 Å². The first-order chi connectivity index (χ1) is 6.71. The van der Waals surface area contributed by atoms with Gasteiger partial charge in [-0.3, -0.25) is 4.98 Å². The molecule has 0 spiro atoms. The van der Waals surface area contributed by atoms with E-state index in [1.165, 1.54) is 13.2 Å². The number of aromatic nitrogens is 1. The molecular weight excluding hydrogens is 184 g/mol. The molecule has 0 fully saturated rings. The average molecular weight is 196 g/mol. The number of hydrogen-bond acceptors (Lipinski definition) is 5. The number of nitrogens with two attached hydrogens (primary N) is 1. The molecule has 1 aromatic heterocycles. The number of aliphatic hydroxyl groups excluding tert-OH is 1.